The van der Waals surface area contributed by atoms with Gasteiger partial charge in [0.05, 0.1) is 0 Å². The van der Waals surface area contributed by atoms with E-state index in [2.05, 4.69) is 10.3 Å². The lowest BCUT2D eigenvalue weighted by Gasteiger charge is -2.17. The number of phenols is 1. The Morgan fingerprint density at radius 3 is 2.83 bits per heavy atom. The molecule has 0 spiro atoms. The summed E-state index contributed by atoms with van der Waals surface area (Å²) in [6, 6.07) is 9.20. The number of rotatable bonds is 2. The first-order chi connectivity index (χ1) is 11.7. The molecule has 0 radical (unpaired) electrons. The van der Waals surface area contributed by atoms with Crippen LogP contribution in [0.25, 0.3) is 0 Å². The molecular weight excluding hydrogens is 302 g/mol. The molecule has 2 N–H and O–H groups in total. The Balaban J connectivity index is 1.39. The van der Waals surface area contributed by atoms with Crippen molar-refractivity contribution in [2.75, 3.05) is 18.4 Å². The van der Waals surface area contributed by atoms with Crippen molar-refractivity contribution in [2.45, 2.75) is 31.6 Å². The number of benzene rings is 1. The molecule has 0 bridgehead atoms. The summed E-state index contributed by atoms with van der Waals surface area (Å²) in [5.41, 5.74) is 3.78. The second-order valence-electron chi connectivity index (χ2n) is 6.65. The van der Waals surface area contributed by atoms with Crippen LogP contribution in [-0.2, 0) is 12.8 Å². The molecule has 1 fully saturated rings. The number of phenolic OH excluding ortho intramolecular Hbond substituents is 1. The summed E-state index contributed by atoms with van der Waals surface area (Å²) in [5.74, 6) is 1.24. The van der Waals surface area contributed by atoms with E-state index in [1.165, 1.54) is 23.1 Å². The Kier molecular flexibility index (Phi) is 3.84. The highest BCUT2D eigenvalue weighted by Gasteiger charge is 2.27. The highest BCUT2D eigenvalue weighted by atomic mass is 16.3. The molecule has 2 aromatic rings. The second kappa shape index (κ2) is 6.15. The van der Waals surface area contributed by atoms with Gasteiger partial charge in [-0.3, -0.25) is 5.32 Å². The molecule has 5 heteroatoms. The third-order valence-electron chi connectivity index (χ3n) is 5.05. The maximum Gasteiger partial charge on any atom is 0.323 e. The van der Waals surface area contributed by atoms with E-state index < -0.39 is 0 Å². The molecular formula is C19H21N3O2. The molecule has 24 heavy (non-hydrogen) atoms. The van der Waals surface area contributed by atoms with Crippen molar-refractivity contribution in [3.63, 3.8) is 0 Å². The molecule has 1 aromatic heterocycles. The van der Waals surface area contributed by atoms with Gasteiger partial charge in [0.2, 0.25) is 0 Å². The van der Waals surface area contributed by atoms with Gasteiger partial charge in [0.1, 0.15) is 11.6 Å². The lowest BCUT2D eigenvalue weighted by Crippen LogP contribution is -2.33. The standard InChI is InChI=1S/C19H21N3O2/c23-17-6-4-13(5-7-17)16-8-9-22(12-16)19(24)21-18-10-14-2-1-3-15(14)11-20-18/h4-7,10-11,16,23H,1-3,8-9,12H2,(H,20,21,24). The van der Waals surface area contributed by atoms with E-state index >= 15 is 0 Å². The predicted molar refractivity (Wildman–Crippen MR) is 92.3 cm³/mol. The number of carbonyl (C=O) groups is 1. The fraction of sp³-hybridized carbons (Fsp3) is 0.368. The normalized spacial score (nSPS) is 19.3. The maximum atomic E-state index is 12.5. The Labute approximate surface area is 141 Å². The number of aryl methyl sites for hydroxylation is 2. The molecule has 1 saturated heterocycles. The number of carbonyl (C=O) groups excluding carboxylic acids is 1. The third kappa shape index (κ3) is 2.94. The highest BCUT2D eigenvalue weighted by Crippen LogP contribution is 2.29. The van der Waals surface area contributed by atoms with Gasteiger partial charge >= 0.3 is 6.03 Å². The second-order valence-corrected chi connectivity index (χ2v) is 6.65. The number of aromatic nitrogens is 1. The Hall–Kier alpha value is -2.56. The van der Waals surface area contributed by atoms with E-state index in [1.807, 2.05) is 29.3 Å². The van der Waals surface area contributed by atoms with Gasteiger partial charge in [-0.15, -0.1) is 0 Å². The first-order valence-corrected chi connectivity index (χ1v) is 8.52. The van der Waals surface area contributed by atoms with Crippen LogP contribution in [0.1, 0.15) is 35.4 Å². The van der Waals surface area contributed by atoms with Crippen molar-refractivity contribution in [3.05, 3.63) is 53.2 Å². The molecule has 0 saturated carbocycles. The molecule has 1 unspecified atom stereocenters. The molecule has 124 valence electrons. The fourth-order valence-corrected chi connectivity index (χ4v) is 3.67. The van der Waals surface area contributed by atoms with Crippen LogP contribution >= 0.6 is 0 Å². The van der Waals surface area contributed by atoms with E-state index in [1.54, 1.807) is 12.1 Å². The molecule has 1 aliphatic heterocycles. The van der Waals surface area contributed by atoms with Crippen molar-refractivity contribution >= 4 is 11.8 Å². The van der Waals surface area contributed by atoms with E-state index in [-0.39, 0.29) is 11.8 Å². The van der Waals surface area contributed by atoms with Gasteiger partial charge in [-0.2, -0.15) is 0 Å². The lowest BCUT2D eigenvalue weighted by molar-refractivity contribution is 0.222. The van der Waals surface area contributed by atoms with Crippen LogP contribution in [0.3, 0.4) is 0 Å². The molecule has 2 aliphatic rings. The Morgan fingerprint density at radius 2 is 2.00 bits per heavy atom. The summed E-state index contributed by atoms with van der Waals surface area (Å²) in [4.78, 5) is 18.7. The summed E-state index contributed by atoms with van der Waals surface area (Å²) in [6.45, 7) is 1.43. The topological polar surface area (TPSA) is 65.5 Å². The van der Waals surface area contributed by atoms with Gasteiger partial charge in [-0.1, -0.05) is 12.1 Å². The lowest BCUT2D eigenvalue weighted by atomic mass is 9.98. The summed E-state index contributed by atoms with van der Waals surface area (Å²) >= 11 is 0. The van der Waals surface area contributed by atoms with Crippen molar-refractivity contribution in [1.82, 2.24) is 9.88 Å². The van der Waals surface area contributed by atoms with E-state index in [0.29, 0.717) is 18.3 Å². The van der Waals surface area contributed by atoms with E-state index in [9.17, 15) is 9.90 Å². The number of nitrogens with one attached hydrogen (secondary N) is 1. The predicted octanol–water partition coefficient (Wildman–Crippen LogP) is 3.30. The first-order valence-electron chi connectivity index (χ1n) is 8.52. The number of aromatic hydroxyl groups is 1. The van der Waals surface area contributed by atoms with Gasteiger partial charge in [0, 0.05) is 25.2 Å². The van der Waals surface area contributed by atoms with Gasteiger partial charge in [-0.25, -0.2) is 9.78 Å². The van der Waals surface area contributed by atoms with Gasteiger partial charge in [0.25, 0.3) is 0 Å². The number of likely N-dealkylation sites (tertiary alicyclic amines) is 1. The van der Waals surface area contributed by atoms with Crippen LogP contribution in [0, 0.1) is 0 Å². The maximum absolute atomic E-state index is 12.5. The largest absolute Gasteiger partial charge is 0.508 e. The molecule has 2 heterocycles. The van der Waals surface area contributed by atoms with Crippen molar-refractivity contribution in [3.8, 4) is 5.75 Å². The quantitative estimate of drug-likeness (QED) is 0.891. The van der Waals surface area contributed by atoms with Gasteiger partial charge < -0.3 is 10.0 Å². The smallest absolute Gasteiger partial charge is 0.323 e. The number of hydrogen-bond donors (Lipinski definition) is 2. The van der Waals surface area contributed by atoms with E-state index in [0.717, 1.165) is 25.8 Å². The average Bonchev–Trinajstić information content (AvgIpc) is 3.24. The minimum absolute atomic E-state index is 0.0817. The molecule has 1 atom stereocenters. The highest BCUT2D eigenvalue weighted by molar-refractivity contribution is 5.88. The van der Waals surface area contributed by atoms with Crippen molar-refractivity contribution in [2.24, 2.45) is 0 Å². The minimum atomic E-state index is -0.0817. The number of nitrogens with zero attached hydrogens (tertiary/aromatic N) is 2. The van der Waals surface area contributed by atoms with Crippen molar-refractivity contribution < 1.29 is 9.90 Å². The zero-order valence-corrected chi connectivity index (χ0v) is 13.5. The van der Waals surface area contributed by atoms with Crippen LogP contribution < -0.4 is 5.32 Å². The monoisotopic (exact) mass is 323 g/mol. The minimum Gasteiger partial charge on any atom is -0.508 e. The van der Waals surface area contributed by atoms with Crippen LogP contribution in [-0.4, -0.2) is 34.1 Å². The van der Waals surface area contributed by atoms with E-state index in [4.69, 9.17) is 0 Å². The van der Waals surface area contributed by atoms with Crippen LogP contribution in [0.4, 0.5) is 10.6 Å². The number of hydrogen-bond acceptors (Lipinski definition) is 3. The summed E-state index contributed by atoms with van der Waals surface area (Å²) in [6.07, 6.45) is 6.18. The summed E-state index contributed by atoms with van der Waals surface area (Å²) in [7, 11) is 0. The molecule has 5 nitrogen and oxygen atoms in total. The average molecular weight is 323 g/mol. The Bertz CT molecular complexity index is 758. The molecule has 1 aromatic carbocycles. The number of urea groups is 1. The number of anilines is 1. The first kappa shape index (κ1) is 15.0. The van der Waals surface area contributed by atoms with Gasteiger partial charge in [-0.05, 0) is 60.6 Å². The number of fused-ring (bicyclic) bond motifs is 1. The fourth-order valence-electron chi connectivity index (χ4n) is 3.67. The van der Waals surface area contributed by atoms with Crippen LogP contribution in [0.2, 0.25) is 0 Å². The van der Waals surface area contributed by atoms with Crippen LogP contribution in [0.5, 0.6) is 5.75 Å². The number of amides is 2. The number of pyridine rings is 1. The van der Waals surface area contributed by atoms with Gasteiger partial charge in [0.15, 0.2) is 0 Å². The third-order valence-corrected chi connectivity index (χ3v) is 5.05. The molecule has 4 rings (SSSR count). The summed E-state index contributed by atoms with van der Waals surface area (Å²) in [5, 5.41) is 12.3. The molecule has 1 aliphatic carbocycles. The Morgan fingerprint density at radius 1 is 1.21 bits per heavy atom. The SMILES string of the molecule is O=C(Nc1cc2c(cn1)CCC2)N1CCC(c2ccc(O)cc2)C1. The summed E-state index contributed by atoms with van der Waals surface area (Å²) < 4.78 is 0. The van der Waals surface area contributed by atoms with Crippen molar-refractivity contribution in [1.29, 1.82) is 0 Å². The zero-order chi connectivity index (χ0) is 16.5. The zero-order valence-electron chi connectivity index (χ0n) is 13.5. The molecule has 2 amide bonds. The van der Waals surface area contributed by atoms with Crippen LogP contribution in [0.15, 0.2) is 36.5 Å².